The first-order valence-corrected chi connectivity index (χ1v) is 8.80. The molecule has 0 unspecified atom stereocenters. The van der Waals surface area contributed by atoms with Gasteiger partial charge in [0.25, 0.3) is 0 Å². The summed E-state index contributed by atoms with van der Waals surface area (Å²) in [6.45, 7) is 3.84. The number of rotatable bonds is 7. The number of ether oxygens (including phenoxy) is 1. The van der Waals surface area contributed by atoms with Crippen molar-refractivity contribution < 1.29 is 17.5 Å². The third-order valence-corrected chi connectivity index (χ3v) is 5.80. The summed E-state index contributed by atoms with van der Waals surface area (Å²) < 4.78 is 46.5. The van der Waals surface area contributed by atoms with Gasteiger partial charge in [0.05, 0.1) is 11.6 Å². The molecule has 0 saturated heterocycles. The van der Waals surface area contributed by atoms with Crippen molar-refractivity contribution in [2.24, 2.45) is 5.73 Å². The zero-order valence-corrected chi connectivity index (χ0v) is 15.9. The van der Waals surface area contributed by atoms with E-state index in [-0.39, 0.29) is 34.1 Å². The summed E-state index contributed by atoms with van der Waals surface area (Å²) in [5, 5.41) is 0. The molecule has 0 saturated carbocycles. The van der Waals surface area contributed by atoms with Gasteiger partial charge in [-0.1, -0.05) is 13.8 Å². The van der Waals surface area contributed by atoms with Crippen molar-refractivity contribution in [2.75, 3.05) is 13.7 Å². The molecule has 0 heterocycles. The summed E-state index contributed by atoms with van der Waals surface area (Å²) in [7, 11) is -2.62. The number of hydrogen-bond donors (Lipinski definition) is 2. The summed E-state index contributed by atoms with van der Waals surface area (Å²) in [6.07, 6.45) is 1.06. The second-order valence-electron chi connectivity index (χ2n) is 4.71. The smallest absolute Gasteiger partial charge is 0.244 e. The van der Waals surface area contributed by atoms with Gasteiger partial charge in [0, 0.05) is 12.1 Å². The zero-order chi connectivity index (χ0) is 16.3. The van der Waals surface area contributed by atoms with Gasteiger partial charge in [0.1, 0.15) is 16.5 Å². The quantitative estimate of drug-likeness (QED) is 0.712. The van der Waals surface area contributed by atoms with E-state index in [2.05, 4.69) is 20.7 Å². The van der Waals surface area contributed by atoms with Crippen LogP contribution in [0.15, 0.2) is 21.5 Å². The molecule has 1 aromatic rings. The number of sulfonamides is 1. The highest BCUT2D eigenvalue weighted by Crippen LogP contribution is 2.31. The predicted octanol–water partition coefficient (Wildman–Crippen LogP) is 2.81. The van der Waals surface area contributed by atoms with Gasteiger partial charge in [-0.3, -0.25) is 0 Å². The fourth-order valence-corrected chi connectivity index (χ4v) is 3.98. The minimum Gasteiger partial charge on any atom is -0.495 e. The molecule has 128 valence electrons. The van der Waals surface area contributed by atoms with Crippen molar-refractivity contribution in [3.05, 3.63) is 22.4 Å². The fourth-order valence-electron chi connectivity index (χ4n) is 1.94. The second kappa shape index (κ2) is 8.44. The number of halogens is 3. The third kappa shape index (κ3) is 4.55. The first-order valence-electron chi connectivity index (χ1n) is 6.52. The molecule has 0 bridgehead atoms. The van der Waals surface area contributed by atoms with E-state index >= 15 is 0 Å². The van der Waals surface area contributed by atoms with Crippen molar-refractivity contribution in [2.45, 2.75) is 37.1 Å². The third-order valence-electron chi connectivity index (χ3n) is 3.59. The molecule has 0 atom stereocenters. The Kier molecular flexibility index (Phi) is 8.29. The minimum atomic E-state index is -3.95. The van der Waals surface area contributed by atoms with Crippen LogP contribution in [0, 0.1) is 5.82 Å². The van der Waals surface area contributed by atoms with Crippen LogP contribution in [0.1, 0.15) is 26.7 Å². The Bertz CT molecular complexity index is 601. The van der Waals surface area contributed by atoms with Crippen LogP contribution in [0.25, 0.3) is 0 Å². The Labute approximate surface area is 145 Å². The minimum absolute atomic E-state index is 0. The van der Waals surface area contributed by atoms with Gasteiger partial charge in [0.2, 0.25) is 10.0 Å². The molecule has 1 rings (SSSR count). The molecule has 3 N–H and O–H groups in total. The molecule has 0 aliphatic rings. The average molecular weight is 420 g/mol. The second-order valence-corrected chi connectivity index (χ2v) is 7.22. The molecule has 9 heteroatoms. The normalized spacial score (nSPS) is 11.9. The van der Waals surface area contributed by atoms with Crippen LogP contribution in [-0.4, -0.2) is 27.6 Å². The van der Waals surface area contributed by atoms with Gasteiger partial charge in [-0.15, -0.1) is 12.4 Å². The summed E-state index contributed by atoms with van der Waals surface area (Å²) in [6, 6.07) is 2.21. The fraction of sp³-hybridized carbons (Fsp3) is 0.538. The molecule has 0 aliphatic heterocycles. The van der Waals surface area contributed by atoms with Crippen LogP contribution in [-0.2, 0) is 10.0 Å². The maximum Gasteiger partial charge on any atom is 0.244 e. The maximum absolute atomic E-state index is 13.7. The van der Waals surface area contributed by atoms with E-state index in [4.69, 9.17) is 10.5 Å². The van der Waals surface area contributed by atoms with Gasteiger partial charge in [-0.2, -0.15) is 0 Å². The van der Waals surface area contributed by atoms with Gasteiger partial charge < -0.3 is 10.5 Å². The summed E-state index contributed by atoms with van der Waals surface area (Å²) in [4.78, 5) is -0.245. The highest BCUT2D eigenvalue weighted by Gasteiger charge is 2.32. The first-order chi connectivity index (χ1) is 9.75. The van der Waals surface area contributed by atoms with E-state index in [0.717, 1.165) is 6.07 Å². The van der Waals surface area contributed by atoms with Crippen molar-refractivity contribution in [1.82, 2.24) is 4.72 Å². The molecule has 0 aliphatic carbocycles. The van der Waals surface area contributed by atoms with Crippen LogP contribution in [0.2, 0.25) is 0 Å². The molecule has 0 spiro atoms. The van der Waals surface area contributed by atoms with Crippen LogP contribution in [0.3, 0.4) is 0 Å². The standard InChI is InChI=1S/C13H20BrFN2O3S.ClH/c1-4-13(5-2,8-16)17-21(18,19)12-7-10(15)9(14)6-11(12)20-3;/h6-7,17H,4-5,8,16H2,1-3H3;1H. The topological polar surface area (TPSA) is 81.4 Å². The predicted molar refractivity (Wildman–Crippen MR) is 90.6 cm³/mol. The van der Waals surface area contributed by atoms with Gasteiger partial charge in [-0.25, -0.2) is 17.5 Å². The average Bonchev–Trinajstić information content (AvgIpc) is 2.47. The van der Waals surface area contributed by atoms with E-state index in [1.165, 1.54) is 13.2 Å². The van der Waals surface area contributed by atoms with Crippen molar-refractivity contribution in [3.8, 4) is 5.75 Å². The van der Waals surface area contributed by atoms with Gasteiger partial charge in [-0.05, 0) is 40.9 Å². The number of nitrogens with two attached hydrogens (primary N) is 1. The number of methoxy groups -OCH3 is 1. The Morgan fingerprint density at radius 3 is 2.32 bits per heavy atom. The monoisotopic (exact) mass is 418 g/mol. The highest BCUT2D eigenvalue weighted by atomic mass is 79.9. The molecule has 1 aromatic carbocycles. The van der Waals surface area contributed by atoms with Crippen molar-refractivity contribution in [3.63, 3.8) is 0 Å². The highest BCUT2D eigenvalue weighted by molar-refractivity contribution is 9.10. The molecule has 22 heavy (non-hydrogen) atoms. The van der Waals surface area contributed by atoms with Gasteiger partial charge >= 0.3 is 0 Å². The Morgan fingerprint density at radius 1 is 1.36 bits per heavy atom. The lowest BCUT2D eigenvalue weighted by Crippen LogP contribution is -2.52. The SMILES string of the molecule is CCC(CC)(CN)NS(=O)(=O)c1cc(F)c(Br)cc1OC.Cl. The lowest BCUT2D eigenvalue weighted by molar-refractivity contribution is 0.360. The molecule has 0 radical (unpaired) electrons. The Hall–Kier alpha value is -0.410. The van der Waals surface area contributed by atoms with E-state index in [1.54, 1.807) is 0 Å². The van der Waals surface area contributed by atoms with Crippen molar-refractivity contribution in [1.29, 1.82) is 0 Å². The molecule has 0 amide bonds. The molecular formula is C13H21BrClFN2O3S. The summed E-state index contributed by atoms with van der Waals surface area (Å²) in [5.41, 5.74) is 4.94. The molecule has 0 aromatic heterocycles. The van der Waals surface area contributed by atoms with E-state index in [1.807, 2.05) is 13.8 Å². The molecular weight excluding hydrogens is 399 g/mol. The van der Waals surface area contributed by atoms with Crippen LogP contribution in [0.5, 0.6) is 5.75 Å². The van der Waals surface area contributed by atoms with E-state index in [0.29, 0.717) is 12.8 Å². The summed E-state index contributed by atoms with van der Waals surface area (Å²) in [5.74, 6) is -0.614. The Morgan fingerprint density at radius 2 is 1.91 bits per heavy atom. The first kappa shape index (κ1) is 21.6. The molecule has 5 nitrogen and oxygen atoms in total. The zero-order valence-electron chi connectivity index (χ0n) is 12.7. The maximum atomic E-state index is 13.7. The lowest BCUT2D eigenvalue weighted by Gasteiger charge is -2.31. The van der Waals surface area contributed by atoms with Crippen LogP contribution >= 0.6 is 28.3 Å². The van der Waals surface area contributed by atoms with E-state index in [9.17, 15) is 12.8 Å². The largest absolute Gasteiger partial charge is 0.495 e. The summed E-state index contributed by atoms with van der Waals surface area (Å²) >= 11 is 3.00. The van der Waals surface area contributed by atoms with Crippen LogP contribution < -0.4 is 15.2 Å². The van der Waals surface area contributed by atoms with Gasteiger partial charge in [0.15, 0.2) is 0 Å². The molecule has 0 fully saturated rings. The number of hydrogen-bond acceptors (Lipinski definition) is 4. The van der Waals surface area contributed by atoms with Crippen LogP contribution in [0.4, 0.5) is 4.39 Å². The number of benzene rings is 1. The Balaban J connectivity index is 0.00000441. The number of nitrogens with one attached hydrogen (secondary N) is 1. The van der Waals surface area contributed by atoms with E-state index < -0.39 is 21.4 Å². The lowest BCUT2D eigenvalue weighted by atomic mass is 9.95. The van der Waals surface area contributed by atoms with Crippen molar-refractivity contribution >= 4 is 38.4 Å².